The molecule has 0 bridgehead atoms. The maximum absolute atomic E-state index is 15.3. The zero-order chi connectivity index (χ0) is 54.1. The molecule has 2 aliphatic rings. The van der Waals surface area contributed by atoms with Crippen LogP contribution in [-0.4, -0.2) is 165 Å². The van der Waals surface area contributed by atoms with Crippen LogP contribution in [0.1, 0.15) is 221 Å². The molecule has 13 atom stereocenters. The molecule has 0 aromatic heterocycles. The lowest BCUT2D eigenvalue weighted by molar-refractivity contribution is -1.08. The van der Waals surface area contributed by atoms with Gasteiger partial charge >= 0.3 is 19.5 Å². The molecule has 0 radical (unpaired) electrons. The fourth-order valence-corrected chi connectivity index (χ4v) is 12.1. The van der Waals surface area contributed by atoms with Crippen LogP contribution in [0.2, 0.25) is 0 Å². The highest BCUT2D eigenvalue weighted by Crippen LogP contribution is 2.54. The van der Waals surface area contributed by atoms with E-state index < -0.39 is 106 Å². The number of unbranched alkanes of at least 4 members (excludes halogenated alkanes) is 24. The lowest BCUT2D eigenvalue weighted by atomic mass is 9.84. The summed E-state index contributed by atoms with van der Waals surface area (Å²) in [7, 11) is -4.56. The van der Waals surface area contributed by atoms with Gasteiger partial charge in [-0.15, -0.1) is 4.62 Å². The Labute approximate surface area is 439 Å². The molecule has 18 nitrogen and oxygen atoms in total. The Kier molecular flexibility index (Phi) is 36.3. The number of hydroxylamine groups is 3. The number of ether oxygens (including phenoxy) is 4. The number of hydrogen-bond donors (Lipinski definition) is 8. The van der Waals surface area contributed by atoms with Crippen molar-refractivity contribution in [1.29, 1.82) is 0 Å². The zero-order valence-corrected chi connectivity index (χ0v) is 46.8. The first-order valence-corrected chi connectivity index (χ1v) is 30.7. The maximum atomic E-state index is 15.3. The van der Waals surface area contributed by atoms with Crippen LogP contribution in [0.4, 0.5) is 0 Å². The number of carbonyl (C=O) groups excluding carboxylic acids is 2. The molecule has 1 unspecified atom stereocenters. The van der Waals surface area contributed by atoms with Gasteiger partial charge in [-0.05, 0) is 40.0 Å². The molecule has 1 aliphatic heterocycles. The van der Waals surface area contributed by atoms with E-state index in [0.717, 1.165) is 44.9 Å². The SMILES string of the molecule is CCCCCCCCCCCCCCCC(=O)OC[C@H](CCP(=O)(O[C@@H]1[C@H](O)[C@H](O)[C@@H](O)[C@H](O)[C@H]1O[C@H]1O[C@H](CO)[C@@H](O)[C@H](O)[C@H]1N)O[N+](CC)(CC)CC)OC(=O)CCCCCCCCCCCCCCC. The van der Waals surface area contributed by atoms with Crippen molar-refractivity contribution in [1.82, 2.24) is 0 Å². The first kappa shape index (κ1) is 67.8. The minimum atomic E-state index is -4.56. The molecule has 0 aromatic rings. The van der Waals surface area contributed by atoms with E-state index in [4.69, 9.17) is 33.8 Å². The largest absolute Gasteiger partial charge is 0.462 e. The summed E-state index contributed by atoms with van der Waals surface area (Å²) in [6.45, 7) is 9.79. The first-order chi connectivity index (χ1) is 35.1. The number of nitrogens with zero attached hydrogens (tertiary/aromatic N) is 1. The van der Waals surface area contributed by atoms with E-state index in [2.05, 4.69) is 13.8 Å². The topological polar surface area (TPSA) is 274 Å². The number of hydrogen-bond acceptors (Lipinski definition) is 17. The quantitative estimate of drug-likeness (QED) is 0.00951. The highest BCUT2D eigenvalue weighted by Gasteiger charge is 2.56. The summed E-state index contributed by atoms with van der Waals surface area (Å²) >= 11 is 0. The van der Waals surface area contributed by atoms with Crippen molar-refractivity contribution < 1.29 is 82.6 Å². The molecule has 1 saturated heterocycles. The van der Waals surface area contributed by atoms with Crippen molar-refractivity contribution in [3.8, 4) is 0 Å². The van der Waals surface area contributed by atoms with Gasteiger partial charge in [0.25, 0.3) is 0 Å². The second-order valence-electron chi connectivity index (χ2n) is 20.9. The fourth-order valence-electron chi connectivity index (χ4n) is 9.80. The van der Waals surface area contributed by atoms with Crippen LogP contribution < -0.4 is 5.73 Å². The number of rotatable bonds is 44. The van der Waals surface area contributed by atoms with E-state index >= 15 is 4.57 Å². The van der Waals surface area contributed by atoms with E-state index in [1.807, 2.05) is 20.8 Å². The number of aliphatic hydroxyl groups excluding tert-OH is 7. The average molecular weight is 1070 g/mol. The number of carbonyl (C=O) groups is 2. The Morgan fingerprint density at radius 3 is 1.40 bits per heavy atom. The molecule has 73 heavy (non-hydrogen) atoms. The Balaban J connectivity index is 2.20. The molecular weight excluding hydrogens is 964 g/mol. The second kappa shape index (κ2) is 39.1. The van der Waals surface area contributed by atoms with Crippen LogP contribution in [0.15, 0.2) is 0 Å². The van der Waals surface area contributed by atoms with Gasteiger partial charge in [0.05, 0.1) is 18.8 Å². The third kappa shape index (κ3) is 25.8. The van der Waals surface area contributed by atoms with Crippen LogP contribution in [0.3, 0.4) is 0 Å². The van der Waals surface area contributed by atoms with Crippen molar-refractivity contribution in [3.63, 3.8) is 0 Å². The van der Waals surface area contributed by atoms with Gasteiger partial charge in [0, 0.05) is 12.8 Å². The number of nitrogens with two attached hydrogens (primary N) is 1. The van der Waals surface area contributed by atoms with E-state index in [-0.39, 0.29) is 30.5 Å². The van der Waals surface area contributed by atoms with Crippen LogP contribution >= 0.6 is 7.60 Å². The van der Waals surface area contributed by atoms with Crippen molar-refractivity contribution in [2.24, 2.45) is 5.73 Å². The number of aliphatic hydroxyl groups is 7. The Morgan fingerprint density at radius 1 is 0.562 bits per heavy atom. The summed E-state index contributed by atoms with van der Waals surface area (Å²) < 4.78 is 50.9. The lowest BCUT2D eigenvalue weighted by Crippen LogP contribution is -2.68. The molecule has 432 valence electrons. The molecular formula is C54H106N2O16P+. The van der Waals surface area contributed by atoms with E-state index in [0.29, 0.717) is 32.5 Å². The van der Waals surface area contributed by atoms with Gasteiger partial charge in [0.1, 0.15) is 87.3 Å². The molecule has 1 aliphatic carbocycles. The van der Waals surface area contributed by atoms with Gasteiger partial charge in [-0.2, -0.15) is 4.65 Å². The summed E-state index contributed by atoms with van der Waals surface area (Å²) in [5.74, 6) is -0.960. The molecule has 9 N–H and O–H groups in total. The summed E-state index contributed by atoms with van der Waals surface area (Å²) in [5.41, 5.74) is 6.14. The normalized spacial score (nSPS) is 26.9. The Bertz CT molecular complexity index is 1450. The standard InChI is InChI=1S/C54H106N2O16P/c1-6-11-13-15-17-19-21-23-25-27-29-31-33-35-43(58)67-40-41(68-44(59)36-34-32-30-28-26-24-22-20-18-16-14-12-7-2)37-38-73(66,72-56(8-3,9-4)10-5)71-53-51(65)49(63)48(62)50(64)52(53)70-54-45(55)47(61)46(60)42(39-57)69-54/h41-42,45-54,57,60-65H,6-40,55H2,1-5H3/q+1/t41-,42+,45+,46+,47+,48+,49+,50-,51+,52+,53+,54+,73?/m0/s1. The molecule has 0 spiro atoms. The van der Waals surface area contributed by atoms with E-state index in [1.54, 1.807) is 0 Å². The summed E-state index contributed by atoms with van der Waals surface area (Å²) in [5, 5.41) is 75.3. The van der Waals surface area contributed by atoms with Gasteiger partial charge in [0.15, 0.2) is 6.29 Å². The molecule has 1 saturated carbocycles. The molecule has 0 aromatic carbocycles. The van der Waals surface area contributed by atoms with Gasteiger partial charge < -0.3 is 60.4 Å². The highest BCUT2D eigenvalue weighted by atomic mass is 31.2. The Hall–Kier alpha value is -1.35. The van der Waals surface area contributed by atoms with E-state index in [1.165, 1.54) is 109 Å². The van der Waals surface area contributed by atoms with Gasteiger partial charge in [-0.3, -0.25) is 18.7 Å². The Morgan fingerprint density at radius 2 is 0.973 bits per heavy atom. The lowest BCUT2D eigenvalue weighted by Gasteiger charge is -2.48. The molecule has 2 rings (SSSR count). The van der Waals surface area contributed by atoms with Crippen LogP contribution in [-0.2, 0) is 42.2 Å². The van der Waals surface area contributed by atoms with Crippen molar-refractivity contribution in [3.05, 3.63) is 0 Å². The highest BCUT2D eigenvalue weighted by molar-refractivity contribution is 7.53. The smallest absolute Gasteiger partial charge is 0.382 e. The number of quaternary nitrogens is 1. The van der Waals surface area contributed by atoms with Crippen LogP contribution in [0.5, 0.6) is 0 Å². The maximum Gasteiger partial charge on any atom is 0.382 e. The summed E-state index contributed by atoms with van der Waals surface area (Å²) in [4.78, 5) is 26.5. The van der Waals surface area contributed by atoms with Crippen LogP contribution in [0.25, 0.3) is 0 Å². The summed E-state index contributed by atoms with van der Waals surface area (Å²) in [6, 6.07) is -1.47. The third-order valence-corrected chi connectivity index (χ3v) is 17.0. The second-order valence-corrected chi connectivity index (χ2v) is 23.0. The van der Waals surface area contributed by atoms with Gasteiger partial charge in [-0.25, -0.2) is 0 Å². The van der Waals surface area contributed by atoms with Crippen LogP contribution in [0, 0.1) is 0 Å². The van der Waals surface area contributed by atoms with Crippen molar-refractivity contribution in [2.45, 2.75) is 294 Å². The summed E-state index contributed by atoms with van der Waals surface area (Å²) in [6.07, 6.45) is 10.5. The predicted octanol–water partition coefficient (Wildman–Crippen LogP) is 7.79. The minimum Gasteiger partial charge on any atom is -0.462 e. The first-order valence-electron chi connectivity index (χ1n) is 29.0. The third-order valence-electron chi connectivity index (χ3n) is 15.0. The number of esters is 2. The monoisotopic (exact) mass is 1070 g/mol. The molecule has 1 heterocycles. The molecule has 19 heteroatoms. The van der Waals surface area contributed by atoms with Crippen molar-refractivity contribution in [2.75, 3.05) is 39.0 Å². The zero-order valence-electron chi connectivity index (χ0n) is 46.0. The predicted molar refractivity (Wildman–Crippen MR) is 281 cm³/mol. The average Bonchev–Trinajstić information content (AvgIpc) is 3.38. The van der Waals surface area contributed by atoms with Gasteiger partial charge in [-0.1, -0.05) is 168 Å². The minimum absolute atomic E-state index is 0.132. The molecule has 0 amide bonds. The van der Waals surface area contributed by atoms with Gasteiger partial charge in [0.2, 0.25) is 0 Å². The van der Waals surface area contributed by atoms with E-state index in [9.17, 15) is 45.3 Å². The fraction of sp³-hybridized carbons (Fsp3) is 0.963. The van der Waals surface area contributed by atoms with Crippen molar-refractivity contribution >= 4 is 19.5 Å². The molecule has 2 fully saturated rings.